The Bertz CT molecular complexity index is 392. The van der Waals surface area contributed by atoms with Gasteiger partial charge in [-0.3, -0.25) is 0 Å². The van der Waals surface area contributed by atoms with E-state index in [1.807, 2.05) is 0 Å². The first kappa shape index (κ1) is 12.4. The van der Waals surface area contributed by atoms with E-state index < -0.39 is 5.97 Å². The van der Waals surface area contributed by atoms with E-state index in [0.717, 1.165) is 24.1 Å². The molecule has 1 aromatic rings. The normalized spacial score (nSPS) is 21.2. The maximum atomic E-state index is 10.8. The van der Waals surface area contributed by atoms with E-state index in [1.54, 1.807) is 0 Å². The fourth-order valence-corrected chi connectivity index (χ4v) is 3.08. The smallest absolute Gasteiger partial charge is 0.347 e. The number of aromatic carboxylic acids is 1. The van der Waals surface area contributed by atoms with Gasteiger partial charge >= 0.3 is 5.97 Å². The van der Waals surface area contributed by atoms with Crippen LogP contribution in [0, 0.1) is 5.92 Å². The molecule has 0 bridgehead atoms. The number of carboxylic acids is 1. The number of rotatable bonds is 3. The quantitative estimate of drug-likeness (QED) is 0.901. The van der Waals surface area contributed by atoms with Crippen LogP contribution in [0.3, 0.4) is 0 Å². The lowest BCUT2D eigenvalue weighted by atomic mass is 9.98. The van der Waals surface area contributed by atoms with Crippen molar-refractivity contribution in [3.63, 3.8) is 0 Å². The van der Waals surface area contributed by atoms with Gasteiger partial charge in [-0.2, -0.15) is 0 Å². The third-order valence-electron chi connectivity index (χ3n) is 3.40. The molecule has 0 aliphatic carbocycles. The first-order valence-electron chi connectivity index (χ1n) is 6.14. The molecular formula is C12H18N2O2S. The topological polar surface area (TPSA) is 53.4 Å². The van der Waals surface area contributed by atoms with Gasteiger partial charge in [-0.15, -0.1) is 0 Å². The lowest BCUT2D eigenvalue weighted by Gasteiger charge is -2.19. The van der Waals surface area contributed by atoms with Gasteiger partial charge in [0, 0.05) is 13.1 Å². The minimum atomic E-state index is -0.880. The molecule has 1 aliphatic rings. The monoisotopic (exact) mass is 254 g/mol. The second-order valence-corrected chi connectivity index (χ2v) is 5.51. The summed E-state index contributed by atoms with van der Waals surface area (Å²) in [5, 5.41) is 9.74. The number of anilines is 1. The molecule has 2 heterocycles. The van der Waals surface area contributed by atoms with Crippen LogP contribution in [-0.2, 0) is 0 Å². The molecule has 4 nitrogen and oxygen atoms in total. The van der Waals surface area contributed by atoms with Gasteiger partial charge in [0.1, 0.15) is 4.88 Å². The summed E-state index contributed by atoms with van der Waals surface area (Å²) >= 11 is 1.28. The summed E-state index contributed by atoms with van der Waals surface area (Å²) in [5.74, 6) is -0.0612. The molecule has 1 N–H and O–H groups in total. The zero-order chi connectivity index (χ0) is 12.3. The lowest BCUT2D eigenvalue weighted by Crippen LogP contribution is -2.23. The van der Waals surface area contributed by atoms with Crippen molar-refractivity contribution in [2.75, 3.05) is 18.0 Å². The number of hydrogen-bond donors (Lipinski definition) is 1. The summed E-state index contributed by atoms with van der Waals surface area (Å²) in [6.45, 7) is 4.25. The predicted molar refractivity (Wildman–Crippen MR) is 68.9 cm³/mol. The van der Waals surface area contributed by atoms with Crippen LogP contribution >= 0.6 is 11.3 Å². The molecule has 5 heteroatoms. The van der Waals surface area contributed by atoms with Crippen molar-refractivity contribution >= 4 is 22.4 Å². The van der Waals surface area contributed by atoms with Gasteiger partial charge in [-0.25, -0.2) is 9.78 Å². The molecule has 1 aromatic heterocycles. The van der Waals surface area contributed by atoms with Crippen LogP contribution in [0.25, 0.3) is 0 Å². The van der Waals surface area contributed by atoms with Gasteiger partial charge in [-0.05, 0) is 25.2 Å². The molecule has 1 unspecified atom stereocenters. The van der Waals surface area contributed by atoms with Crippen molar-refractivity contribution in [1.29, 1.82) is 0 Å². The van der Waals surface area contributed by atoms with Crippen LogP contribution in [0.1, 0.15) is 42.3 Å². The van der Waals surface area contributed by atoms with Crippen molar-refractivity contribution in [3.8, 4) is 0 Å². The van der Waals surface area contributed by atoms with E-state index in [9.17, 15) is 4.79 Å². The zero-order valence-electron chi connectivity index (χ0n) is 10.1. The van der Waals surface area contributed by atoms with E-state index in [0.29, 0.717) is 4.88 Å². The highest BCUT2D eigenvalue weighted by atomic mass is 32.1. The molecule has 1 fully saturated rings. The molecule has 1 aliphatic heterocycles. The van der Waals surface area contributed by atoms with Crippen LogP contribution in [0.4, 0.5) is 5.13 Å². The number of nitrogens with zero attached hydrogens (tertiary/aromatic N) is 2. The van der Waals surface area contributed by atoms with E-state index in [2.05, 4.69) is 16.8 Å². The largest absolute Gasteiger partial charge is 0.477 e. The highest BCUT2D eigenvalue weighted by molar-refractivity contribution is 7.17. The third kappa shape index (κ3) is 2.97. The fraction of sp³-hybridized carbons (Fsp3) is 0.667. The molecule has 0 aromatic carbocycles. The maximum Gasteiger partial charge on any atom is 0.347 e. The van der Waals surface area contributed by atoms with Gasteiger partial charge in [-0.1, -0.05) is 24.7 Å². The second kappa shape index (κ2) is 5.49. The lowest BCUT2D eigenvalue weighted by molar-refractivity contribution is 0.0702. The molecule has 1 atom stereocenters. The third-order valence-corrected chi connectivity index (χ3v) is 4.45. The SMILES string of the molecule is CCC1CCCN(c2ncc(C(=O)O)s2)CC1. The first-order valence-corrected chi connectivity index (χ1v) is 6.96. The van der Waals surface area contributed by atoms with E-state index >= 15 is 0 Å². The standard InChI is InChI=1S/C12H18N2O2S/c1-2-9-4-3-6-14(7-5-9)12-13-8-10(17-12)11(15)16/h8-9H,2-7H2,1H3,(H,15,16). The van der Waals surface area contributed by atoms with Gasteiger partial charge in [0.15, 0.2) is 5.13 Å². The first-order chi connectivity index (χ1) is 8.20. The molecule has 0 saturated carbocycles. The molecule has 2 rings (SSSR count). The van der Waals surface area contributed by atoms with E-state index in [-0.39, 0.29) is 0 Å². The highest BCUT2D eigenvalue weighted by Gasteiger charge is 2.19. The number of hydrogen-bond acceptors (Lipinski definition) is 4. The van der Waals surface area contributed by atoms with E-state index in [1.165, 1.54) is 43.2 Å². The Kier molecular flexibility index (Phi) is 3.99. The summed E-state index contributed by atoms with van der Waals surface area (Å²) in [5.41, 5.74) is 0. The van der Waals surface area contributed by atoms with Crippen LogP contribution < -0.4 is 4.90 Å². The summed E-state index contributed by atoms with van der Waals surface area (Å²) in [6, 6.07) is 0. The fourth-order valence-electron chi connectivity index (χ4n) is 2.27. The molecule has 94 valence electrons. The number of thiazole rings is 1. The second-order valence-electron chi connectivity index (χ2n) is 4.50. The molecule has 0 radical (unpaired) electrons. The number of carboxylic acid groups (broad SMARTS) is 1. The van der Waals surface area contributed by atoms with Crippen molar-refractivity contribution in [1.82, 2.24) is 4.98 Å². The number of aromatic nitrogens is 1. The Hall–Kier alpha value is -1.10. The van der Waals surface area contributed by atoms with Crippen molar-refractivity contribution < 1.29 is 9.90 Å². The van der Waals surface area contributed by atoms with Crippen molar-refractivity contribution in [3.05, 3.63) is 11.1 Å². The average Bonchev–Trinajstić information content (AvgIpc) is 2.68. The zero-order valence-corrected chi connectivity index (χ0v) is 10.9. The molecule has 17 heavy (non-hydrogen) atoms. The maximum absolute atomic E-state index is 10.8. The summed E-state index contributed by atoms with van der Waals surface area (Å²) in [4.78, 5) is 17.6. The van der Waals surface area contributed by atoms with Gasteiger partial charge < -0.3 is 10.0 Å². The molecule has 1 saturated heterocycles. The van der Waals surface area contributed by atoms with Gasteiger partial charge in [0.05, 0.1) is 6.20 Å². The highest BCUT2D eigenvalue weighted by Crippen LogP contribution is 2.27. The summed E-state index contributed by atoms with van der Waals surface area (Å²) in [6.07, 6.45) is 6.36. The minimum Gasteiger partial charge on any atom is -0.477 e. The van der Waals surface area contributed by atoms with Crippen LogP contribution in [0.15, 0.2) is 6.20 Å². The van der Waals surface area contributed by atoms with Gasteiger partial charge in [0.25, 0.3) is 0 Å². The summed E-state index contributed by atoms with van der Waals surface area (Å²) < 4.78 is 0. The Balaban J connectivity index is 2.03. The van der Waals surface area contributed by atoms with Crippen LogP contribution in [0.5, 0.6) is 0 Å². The Morgan fingerprint density at radius 1 is 1.59 bits per heavy atom. The number of carbonyl (C=O) groups is 1. The minimum absolute atomic E-state index is 0.330. The van der Waals surface area contributed by atoms with Crippen molar-refractivity contribution in [2.24, 2.45) is 5.92 Å². The Morgan fingerprint density at radius 2 is 2.41 bits per heavy atom. The van der Waals surface area contributed by atoms with Crippen molar-refractivity contribution in [2.45, 2.75) is 32.6 Å². The molecular weight excluding hydrogens is 236 g/mol. The van der Waals surface area contributed by atoms with Crippen LogP contribution in [-0.4, -0.2) is 29.1 Å². The Morgan fingerprint density at radius 3 is 3.06 bits per heavy atom. The summed E-state index contributed by atoms with van der Waals surface area (Å²) in [7, 11) is 0. The Labute approximate surface area is 105 Å². The average molecular weight is 254 g/mol. The van der Waals surface area contributed by atoms with Gasteiger partial charge in [0.2, 0.25) is 0 Å². The molecule has 0 amide bonds. The molecule has 0 spiro atoms. The van der Waals surface area contributed by atoms with Crippen LogP contribution in [0.2, 0.25) is 0 Å². The predicted octanol–water partition coefficient (Wildman–Crippen LogP) is 2.86. The van der Waals surface area contributed by atoms with E-state index in [4.69, 9.17) is 5.11 Å².